The number of thioether (sulfide) groups is 1. The molecule has 2 nitrogen and oxygen atoms in total. The Labute approximate surface area is 137 Å². The van der Waals surface area contributed by atoms with Gasteiger partial charge in [0, 0.05) is 14.9 Å². The van der Waals surface area contributed by atoms with E-state index in [1.54, 1.807) is 18.9 Å². The molecule has 106 valence electrons. The zero-order valence-corrected chi connectivity index (χ0v) is 14.2. The van der Waals surface area contributed by atoms with Crippen molar-refractivity contribution >= 4 is 38.2 Å². The van der Waals surface area contributed by atoms with Crippen molar-refractivity contribution in [2.24, 2.45) is 0 Å². The fraction of sp³-hybridized carbons (Fsp3) is 0.118. The highest BCUT2D eigenvalue weighted by Gasteiger charge is 2.14. The van der Waals surface area contributed by atoms with Gasteiger partial charge in [-0.1, -0.05) is 46.3 Å². The van der Waals surface area contributed by atoms with Gasteiger partial charge in [-0.15, -0.1) is 11.8 Å². The van der Waals surface area contributed by atoms with Crippen molar-refractivity contribution in [2.45, 2.75) is 0 Å². The average Bonchev–Trinajstić information content (AvgIpc) is 2.54. The molecule has 2 aromatic carbocycles. The topological polar surface area (TPSA) is 33.0 Å². The molecule has 0 atom stereocenters. The first-order chi connectivity index (χ1) is 10.2. The maximum Gasteiger partial charge on any atom is 0.119 e. The summed E-state index contributed by atoms with van der Waals surface area (Å²) in [4.78, 5) is 0.951. The fourth-order valence-corrected chi connectivity index (χ4v) is 3.19. The van der Waals surface area contributed by atoms with Crippen LogP contribution in [0.15, 0.2) is 53.0 Å². The minimum atomic E-state index is 0.638. The summed E-state index contributed by atoms with van der Waals surface area (Å²) >= 11 is 5.09. The van der Waals surface area contributed by atoms with Gasteiger partial charge in [0.25, 0.3) is 0 Å². The van der Waals surface area contributed by atoms with E-state index in [0.717, 1.165) is 26.3 Å². The number of ether oxygens (including phenoxy) is 1. The van der Waals surface area contributed by atoms with Crippen molar-refractivity contribution in [2.75, 3.05) is 13.4 Å². The Balaban J connectivity index is 2.67. The lowest BCUT2D eigenvalue weighted by atomic mass is 10.0. The van der Waals surface area contributed by atoms with Gasteiger partial charge >= 0.3 is 0 Å². The number of hydrogen-bond donors (Lipinski definition) is 0. The van der Waals surface area contributed by atoms with Crippen molar-refractivity contribution in [3.63, 3.8) is 0 Å². The van der Waals surface area contributed by atoms with E-state index >= 15 is 0 Å². The SMILES string of the molecule is COc1ccc(Br)c(/C(C#N)=C(\SC)c2ccccc2)c1. The van der Waals surface area contributed by atoms with E-state index in [1.807, 2.05) is 54.8 Å². The van der Waals surface area contributed by atoms with Crippen molar-refractivity contribution in [1.29, 1.82) is 5.26 Å². The molecule has 0 unspecified atom stereocenters. The predicted octanol–water partition coefficient (Wildman–Crippen LogP) is 5.21. The standard InChI is InChI=1S/C17H14BrNOS/c1-20-13-8-9-16(18)14(10-13)15(11-19)17(21-2)12-6-4-3-5-7-12/h3-10H,1-2H3/b17-15-. The van der Waals surface area contributed by atoms with Crippen LogP contribution < -0.4 is 4.74 Å². The van der Waals surface area contributed by atoms with Crippen molar-refractivity contribution in [1.82, 2.24) is 0 Å². The summed E-state index contributed by atoms with van der Waals surface area (Å²) in [6.07, 6.45) is 1.98. The number of benzene rings is 2. The fourth-order valence-electron chi connectivity index (χ4n) is 2.01. The molecule has 0 heterocycles. The van der Waals surface area contributed by atoms with E-state index < -0.39 is 0 Å². The third kappa shape index (κ3) is 3.49. The highest BCUT2D eigenvalue weighted by atomic mass is 79.9. The van der Waals surface area contributed by atoms with Gasteiger partial charge in [-0.2, -0.15) is 5.26 Å². The van der Waals surface area contributed by atoms with Crippen LogP contribution >= 0.6 is 27.7 Å². The van der Waals surface area contributed by atoms with Crippen molar-refractivity contribution in [3.05, 3.63) is 64.1 Å². The normalized spacial score (nSPS) is 11.5. The summed E-state index contributed by atoms with van der Waals surface area (Å²) in [7, 11) is 1.62. The number of nitrogens with zero attached hydrogens (tertiary/aromatic N) is 1. The van der Waals surface area contributed by atoms with Crippen molar-refractivity contribution in [3.8, 4) is 11.8 Å². The number of methoxy groups -OCH3 is 1. The highest BCUT2D eigenvalue weighted by molar-refractivity contribution is 9.10. The quantitative estimate of drug-likeness (QED) is 0.554. The van der Waals surface area contributed by atoms with Gasteiger partial charge in [0.2, 0.25) is 0 Å². The Kier molecular flexibility index (Phi) is 5.49. The summed E-state index contributed by atoms with van der Waals surface area (Å²) in [5.41, 5.74) is 2.51. The van der Waals surface area contributed by atoms with Crippen LogP contribution in [-0.2, 0) is 0 Å². The Morgan fingerprint density at radius 3 is 2.48 bits per heavy atom. The van der Waals surface area contributed by atoms with Crippen LogP contribution in [-0.4, -0.2) is 13.4 Å². The summed E-state index contributed by atoms with van der Waals surface area (Å²) in [6, 6.07) is 17.9. The number of nitriles is 1. The summed E-state index contributed by atoms with van der Waals surface area (Å²) in [6.45, 7) is 0. The third-order valence-corrected chi connectivity index (χ3v) is 4.56. The van der Waals surface area contributed by atoms with Gasteiger partial charge in [-0.3, -0.25) is 0 Å². The molecule has 4 heteroatoms. The van der Waals surface area contributed by atoms with Crippen LogP contribution in [0.1, 0.15) is 11.1 Å². The molecule has 0 amide bonds. The Hall–Kier alpha value is -1.70. The van der Waals surface area contributed by atoms with Gasteiger partial charge < -0.3 is 4.74 Å². The number of rotatable bonds is 4. The molecule has 0 radical (unpaired) electrons. The van der Waals surface area contributed by atoms with E-state index in [1.165, 1.54) is 0 Å². The lowest BCUT2D eigenvalue weighted by Gasteiger charge is -2.11. The molecular weight excluding hydrogens is 346 g/mol. The molecule has 0 aliphatic heterocycles. The molecule has 2 aromatic rings. The van der Waals surface area contributed by atoms with Crippen LogP contribution in [0.5, 0.6) is 5.75 Å². The van der Waals surface area contributed by atoms with Gasteiger partial charge in [-0.25, -0.2) is 0 Å². The first-order valence-electron chi connectivity index (χ1n) is 6.29. The molecule has 0 aliphatic carbocycles. The number of hydrogen-bond acceptors (Lipinski definition) is 3. The van der Waals surface area contributed by atoms with Crippen LogP contribution in [0.3, 0.4) is 0 Å². The zero-order chi connectivity index (χ0) is 15.2. The molecule has 0 saturated carbocycles. The summed E-state index contributed by atoms with van der Waals surface area (Å²) in [5.74, 6) is 0.731. The molecule has 0 spiro atoms. The van der Waals surface area contributed by atoms with Crippen LogP contribution in [0.25, 0.3) is 10.5 Å². The van der Waals surface area contributed by atoms with Crippen molar-refractivity contribution < 1.29 is 4.74 Å². The van der Waals surface area contributed by atoms with E-state index in [2.05, 4.69) is 22.0 Å². The van der Waals surface area contributed by atoms with Gasteiger partial charge in [-0.05, 0) is 30.0 Å². The Morgan fingerprint density at radius 2 is 1.90 bits per heavy atom. The minimum Gasteiger partial charge on any atom is -0.497 e. The molecule has 21 heavy (non-hydrogen) atoms. The molecule has 0 aromatic heterocycles. The molecule has 0 bridgehead atoms. The number of halogens is 1. The predicted molar refractivity (Wildman–Crippen MR) is 93.1 cm³/mol. The summed E-state index contributed by atoms with van der Waals surface area (Å²) < 4.78 is 6.14. The monoisotopic (exact) mass is 359 g/mol. The second kappa shape index (κ2) is 7.35. The minimum absolute atomic E-state index is 0.638. The Bertz CT molecular complexity index is 704. The third-order valence-electron chi connectivity index (χ3n) is 3.02. The summed E-state index contributed by atoms with van der Waals surface area (Å²) in [5, 5.41) is 9.65. The molecule has 0 N–H and O–H groups in total. The average molecular weight is 360 g/mol. The van der Waals surface area contributed by atoms with E-state index in [4.69, 9.17) is 4.74 Å². The largest absolute Gasteiger partial charge is 0.497 e. The van der Waals surface area contributed by atoms with Crippen LogP contribution in [0, 0.1) is 11.3 Å². The maximum absolute atomic E-state index is 9.65. The molecule has 0 fully saturated rings. The van der Waals surface area contributed by atoms with Gasteiger partial charge in [0.1, 0.15) is 11.8 Å². The zero-order valence-electron chi connectivity index (χ0n) is 11.8. The van der Waals surface area contributed by atoms with E-state index in [-0.39, 0.29) is 0 Å². The van der Waals surface area contributed by atoms with E-state index in [9.17, 15) is 5.26 Å². The molecular formula is C17H14BrNOS. The molecule has 0 saturated heterocycles. The van der Waals surface area contributed by atoms with Crippen LogP contribution in [0.2, 0.25) is 0 Å². The van der Waals surface area contributed by atoms with Gasteiger partial charge in [0.15, 0.2) is 0 Å². The number of allylic oxidation sites excluding steroid dienone is 1. The Morgan fingerprint density at radius 1 is 1.19 bits per heavy atom. The second-order valence-corrected chi connectivity index (χ2v) is 5.90. The van der Waals surface area contributed by atoms with E-state index in [0.29, 0.717) is 5.57 Å². The highest BCUT2D eigenvalue weighted by Crippen LogP contribution is 2.37. The van der Waals surface area contributed by atoms with Crippen LogP contribution in [0.4, 0.5) is 0 Å². The smallest absolute Gasteiger partial charge is 0.119 e. The molecule has 2 rings (SSSR count). The maximum atomic E-state index is 9.65. The van der Waals surface area contributed by atoms with Gasteiger partial charge in [0.05, 0.1) is 12.7 Å². The molecule has 0 aliphatic rings. The first kappa shape index (κ1) is 15.7. The first-order valence-corrected chi connectivity index (χ1v) is 8.30. The second-order valence-electron chi connectivity index (χ2n) is 4.23. The lowest BCUT2D eigenvalue weighted by molar-refractivity contribution is 0.414. The lowest BCUT2D eigenvalue weighted by Crippen LogP contribution is -1.91.